The zero-order chi connectivity index (χ0) is 24.5. The van der Waals surface area contributed by atoms with Gasteiger partial charge >= 0.3 is 5.97 Å². The monoisotopic (exact) mass is 500 g/mol. The molecule has 2 aliphatic heterocycles. The third kappa shape index (κ3) is 4.37. The van der Waals surface area contributed by atoms with Gasteiger partial charge in [0.2, 0.25) is 5.91 Å². The molecule has 0 radical (unpaired) electrons. The van der Waals surface area contributed by atoms with Crippen molar-refractivity contribution in [2.75, 3.05) is 18.4 Å². The minimum atomic E-state index is -0.318. The summed E-state index contributed by atoms with van der Waals surface area (Å²) in [6, 6.07) is 18.2. The summed E-state index contributed by atoms with van der Waals surface area (Å²) in [6.07, 6.45) is 7.18. The molecule has 5 nitrogen and oxygen atoms in total. The Morgan fingerprint density at radius 3 is 2.83 bits per heavy atom. The topological polar surface area (TPSA) is 58.6 Å². The summed E-state index contributed by atoms with van der Waals surface area (Å²) >= 11 is 1.58. The van der Waals surface area contributed by atoms with Crippen molar-refractivity contribution < 1.29 is 14.3 Å². The number of benzene rings is 2. The maximum absolute atomic E-state index is 13.0. The molecular weight excluding hydrogens is 468 g/mol. The average molecular weight is 501 g/mol. The maximum Gasteiger partial charge on any atom is 0.348 e. The normalized spacial score (nSPS) is 20.5. The summed E-state index contributed by atoms with van der Waals surface area (Å²) in [5.41, 5.74) is 5.63. The molecule has 0 bridgehead atoms. The lowest BCUT2D eigenvalue weighted by Gasteiger charge is -2.33. The first kappa shape index (κ1) is 23.4. The average Bonchev–Trinajstić information content (AvgIpc) is 3.46. The summed E-state index contributed by atoms with van der Waals surface area (Å²) < 4.78 is 5.54. The van der Waals surface area contributed by atoms with Crippen molar-refractivity contribution in [3.63, 3.8) is 0 Å². The van der Waals surface area contributed by atoms with E-state index in [1.807, 2.05) is 36.4 Å². The molecule has 186 valence electrons. The van der Waals surface area contributed by atoms with E-state index < -0.39 is 0 Å². The number of carbonyl (C=O) groups is 2. The quantitative estimate of drug-likeness (QED) is 0.311. The Bertz CT molecular complexity index is 1280. The molecule has 3 aromatic rings. The Kier molecular flexibility index (Phi) is 6.40. The first-order valence-corrected chi connectivity index (χ1v) is 13.9. The summed E-state index contributed by atoms with van der Waals surface area (Å²) in [5, 5.41) is 3.16. The molecule has 6 heteroatoms. The van der Waals surface area contributed by atoms with Crippen LogP contribution < -0.4 is 5.32 Å². The highest BCUT2D eigenvalue weighted by atomic mass is 32.1. The lowest BCUT2D eigenvalue weighted by atomic mass is 9.68. The molecule has 6 rings (SSSR count). The standard InChI is InChI=1S/C30H32N2O3S/c33-28(35-20-21-8-2-1-3-9-21)26-18-23-19-32(17-13-25(23)36-26)16-5-4-14-30-15-7-11-22-10-6-12-24(27(22)30)31-29(30)34/h1-3,6,8-10,12,18H,4-5,7,11,13-17,19-20H2,(H,31,34). The van der Waals surface area contributed by atoms with E-state index in [2.05, 4.69) is 28.4 Å². The number of esters is 1. The summed E-state index contributed by atoms with van der Waals surface area (Å²) in [5.74, 6) is -0.0248. The van der Waals surface area contributed by atoms with Crippen molar-refractivity contribution in [3.05, 3.63) is 86.6 Å². The van der Waals surface area contributed by atoms with E-state index in [0.29, 0.717) is 11.5 Å². The number of ether oxygens (including phenoxy) is 1. The van der Waals surface area contributed by atoms with Gasteiger partial charge in [0.1, 0.15) is 11.5 Å². The Morgan fingerprint density at radius 2 is 1.94 bits per heavy atom. The molecule has 1 aliphatic carbocycles. The van der Waals surface area contributed by atoms with Gasteiger partial charge in [-0.3, -0.25) is 9.69 Å². The number of amides is 1. The van der Waals surface area contributed by atoms with Gasteiger partial charge in [0, 0.05) is 23.7 Å². The summed E-state index contributed by atoms with van der Waals surface area (Å²) in [4.78, 5) is 30.1. The van der Waals surface area contributed by atoms with Crippen LogP contribution in [0, 0.1) is 0 Å². The van der Waals surface area contributed by atoms with Gasteiger partial charge in [-0.1, -0.05) is 48.9 Å². The zero-order valence-electron chi connectivity index (χ0n) is 20.6. The van der Waals surface area contributed by atoms with Crippen LogP contribution in [0.5, 0.6) is 0 Å². The number of anilines is 1. The smallest absolute Gasteiger partial charge is 0.348 e. The van der Waals surface area contributed by atoms with E-state index in [1.54, 1.807) is 11.3 Å². The van der Waals surface area contributed by atoms with Crippen molar-refractivity contribution >= 4 is 28.9 Å². The molecule has 1 aromatic heterocycles. The fourth-order valence-corrected chi connectivity index (χ4v) is 7.31. The van der Waals surface area contributed by atoms with Crippen LogP contribution in [-0.2, 0) is 40.9 Å². The van der Waals surface area contributed by atoms with Crippen LogP contribution in [0.15, 0.2) is 54.6 Å². The van der Waals surface area contributed by atoms with E-state index in [4.69, 9.17) is 4.74 Å². The van der Waals surface area contributed by atoms with Gasteiger partial charge in [-0.2, -0.15) is 0 Å². The molecule has 0 fully saturated rings. The number of rotatable bonds is 8. The largest absolute Gasteiger partial charge is 0.457 e. The number of fused-ring (bicyclic) bond motifs is 1. The molecule has 1 unspecified atom stereocenters. The van der Waals surface area contributed by atoms with Crippen LogP contribution in [-0.4, -0.2) is 29.9 Å². The molecule has 0 saturated heterocycles. The van der Waals surface area contributed by atoms with E-state index >= 15 is 0 Å². The number of thiophene rings is 1. The fourth-order valence-electron chi connectivity index (χ4n) is 6.26. The van der Waals surface area contributed by atoms with Crippen molar-refractivity contribution in [1.82, 2.24) is 4.90 Å². The van der Waals surface area contributed by atoms with Crippen molar-refractivity contribution in [3.8, 4) is 0 Å². The van der Waals surface area contributed by atoms with Gasteiger partial charge in [0.15, 0.2) is 0 Å². The lowest BCUT2D eigenvalue weighted by molar-refractivity contribution is -0.121. The van der Waals surface area contributed by atoms with E-state index in [9.17, 15) is 9.59 Å². The summed E-state index contributed by atoms with van der Waals surface area (Å²) in [6.45, 7) is 3.23. The maximum atomic E-state index is 13.0. The second kappa shape index (κ2) is 9.83. The minimum absolute atomic E-state index is 0.206. The zero-order valence-corrected chi connectivity index (χ0v) is 21.4. The van der Waals surface area contributed by atoms with E-state index in [1.165, 1.54) is 21.6 Å². The van der Waals surface area contributed by atoms with Crippen LogP contribution in [0.1, 0.15) is 68.9 Å². The third-order valence-electron chi connectivity index (χ3n) is 8.05. The van der Waals surface area contributed by atoms with Crippen molar-refractivity contribution in [2.45, 2.75) is 63.5 Å². The number of carbonyl (C=O) groups excluding carboxylic acids is 2. The molecule has 1 N–H and O–H groups in total. The first-order chi connectivity index (χ1) is 17.6. The number of nitrogens with zero attached hydrogens (tertiary/aromatic N) is 1. The van der Waals surface area contributed by atoms with Crippen LogP contribution in [0.4, 0.5) is 5.69 Å². The number of hydrogen-bond acceptors (Lipinski definition) is 5. The molecule has 2 aromatic carbocycles. The first-order valence-electron chi connectivity index (χ1n) is 13.1. The lowest BCUT2D eigenvalue weighted by Crippen LogP contribution is -2.37. The van der Waals surface area contributed by atoms with E-state index in [-0.39, 0.29) is 17.3 Å². The van der Waals surface area contributed by atoms with Gasteiger partial charge in [0.05, 0.1) is 5.41 Å². The van der Waals surface area contributed by atoms with Crippen molar-refractivity contribution in [1.29, 1.82) is 0 Å². The highest BCUT2D eigenvalue weighted by Gasteiger charge is 2.48. The Labute approximate surface area is 216 Å². The van der Waals surface area contributed by atoms with E-state index in [0.717, 1.165) is 75.8 Å². The second-order valence-electron chi connectivity index (χ2n) is 10.3. The Balaban J connectivity index is 1.02. The van der Waals surface area contributed by atoms with Gasteiger partial charge < -0.3 is 10.1 Å². The number of unbranched alkanes of at least 4 members (excludes halogenated alkanes) is 1. The predicted octanol–water partition coefficient (Wildman–Crippen LogP) is 5.86. The number of nitrogens with one attached hydrogen (secondary N) is 1. The van der Waals surface area contributed by atoms with Crippen LogP contribution >= 0.6 is 11.3 Å². The molecule has 3 aliphatic rings. The molecule has 36 heavy (non-hydrogen) atoms. The molecular formula is C30H32N2O3S. The second-order valence-corrected chi connectivity index (χ2v) is 11.5. The van der Waals surface area contributed by atoms with Gasteiger partial charge in [0.25, 0.3) is 0 Å². The third-order valence-corrected chi connectivity index (χ3v) is 9.27. The van der Waals surface area contributed by atoms with Gasteiger partial charge in [-0.05, 0) is 79.5 Å². The molecule has 3 heterocycles. The number of hydrogen-bond donors (Lipinski definition) is 1. The van der Waals surface area contributed by atoms with Crippen molar-refractivity contribution in [2.24, 2.45) is 0 Å². The van der Waals surface area contributed by atoms with Gasteiger partial charge in [-0.15, -0.1) is 11.3 Å². The Hall–Kier alpha value is -2.96. The predicted molar refractivity (Wildman–Crippen MR) is 142 cm³/mol. The highest BCUT2D eigenvalue weighted by molar-refractivity contribution is 7.14. The SMILES string of the molecule is O=C(OCc1ccccc1)c1cc2c(s1)CCN(CCCCC13CCCc4cccc(c41)NC3=O)C2. The fraction of sp³-hybridized carbons (Fsp3) is 0.400. The highest BCUT2D eigenvalue weighted by Crippen LogP contribution is 2.49. The molecule has 1 amide bonds. The molecule has 0 spiro atoms. The van der Waals surface area contributed by atoms with Crippen LogP contribution in [0.25, 0.3) is 0 Å². The Morgan fingerprint density at radius 1 is 1.06 bits per heavy atom. The van der Waals surface area contributed by atoms with Crippen LogP contribution in [0.3, 0.4) is 0 Å². The number of aryl methyl sites for hydroxylation is 1. The molecule has 0 saturated carbocycles. The van der Waals surface area contributed by atoms with Crippen LogP contribution in [0.2, 0.25) is 0 Å². The molecule has 1 atom stereocenters. The van der Waals surface area contributed by atoms with Gasteiger partial charge in [-0.25, -0.2) is 4.79 Å². The minimum Gasteiger partial charge on any atom is -0.457 e. The summed E-state index contributed by atoms with van der Waals surface area (Å²) in [7, 11) is 0.